The fourth-order valence-electron chi connectivity index (χ4n) is 1.78. The summed E-state index contributed by atoms with van der Waals surface area (Å²) in [7, 11) is 0. The van der Waals surface area contributed by atoms with Gasteiger partial charge in [0, 0.05) is 5.69 Å². The van der Waals surface area contributed by atoms with Gasteiger partial charge >= 0.3 is 0 Å². The van der Waals surface area contributed by atoms with E-state index < -0.39 is 0 Å². The zero-order valence-electron chi connectivity index (χ0n) is 11.6. The molecule has 2 aromatic rings. The van der Waals surface area contributed by atoms with Crippen molar-refractivity contribution in [2.75, 3.05) is 0 Å². The summed E-state index contributed by atoms with van der Waals surface area (Å²) in [4.78, 5) is 11.8. The number of nitrogens with zero attached hydrogens (tertiary/aromatic N) is 3. The molecule has 110 valence electrons. The summed E-state index contributed by atoms with van der Waals surface area (Å²) >= 11 is 11.7. The van der Waals surface area contributed by atoms with Crippen molar-refractivity contribution in [1.82, 2.24) is 15.2 Å². The summed E-state index contributed by atoms with van der Waals surface area (Å²) in [5, 5.41) is 9.00. The van der Waals surface area contributed by atoms with Crippen LogP contribution in [0.3, 0.4) is 0 Å². The van der Waals surface area contributed by atoms with Crippen molar-refractivity contribution in [2.45, 2.75) is 20.4 Å². The maximum Gasteiger partial charge on any atom is 0.261 e. The quantitative estimate of drug-likeness (QED) is 0.694. The van der Waals surface area contributed by atoms with E-state index in [9.17, 15) is 4.79 Å². The molecule has 1 amide bonds. The second kappa shape index (κ2) is 6.74. The molecule has 1 heterocycles. The lowest BCUT2D eigenvalue weighted by atomic mass is 10.2. The molecule has 1 aromatic heterocycles. The van der Waals surface area contributed by atoms with Crippen LogP contribution in [0.15, 0.2) is 29.4 Å². The van der Waals surface area contributed by atoms with Crippen molar-refractivity contribution < 1.29 is 4.79 Å². The van der Waals surface area contributed by atoms with Crippen molar-refractivity contribution in [3.63, 3.8) is 0 Å². The van der Waals surface area contributed by atoms with Gasteiger partial charge in [0.25, 0.3) is 5.91 Å². The van der Waals surface area contributed by atoms with Gasteiger partial charge in [-0.1, -0.05) is 29.3 Å². The van der Waals surface area contributed by atoms with Gasteiger partial charge < -0.3 is 0 Å². The number of hydrazone groups is 1. The Morgan fingerprint density at radius 2 is 2.10 bits per heavy atom. The Kier molecular flexibility index (Phi) is 4.98. The topological polar surface area (TPSA) is 59.3 Å². The highest BCUT2D eigenvalue weighted by Crippen LogP contribution is 2.21. The second-order valence-electron chi connectivity index (χ2n) is 4.55. The molecule has 0 atom stereocenters. The fraction of sp³-hybridized carbons (Fsp3) is 0.214. The van der Waals surface area contributed by atoms with Crippen molar-refractivity contribution in [1.29, 1.82) is 0 Å². The van der Waals surface area contributed by atoms with Crippen molar-refractivity contribution in [3.8, 4) is 0 Å². The van der Waals surface area contributed by atoms with Crippen LogP contribution in [0.2, 0.25) is 10.0 Å². The molecule has 0 bridgehead atoms. The largest absolute Gasteiger partial charge is 0.271 e. The number of hydrogen-bond donors (Lipinski definition) is 1. The maximum absolute atomic E-state index is 11.8. The number of aromatic nitrogens is 2. The number of benzene rings is 1. The van der Waals surface area contributed by atoms with Gasteiger partial charge in [0.1, 0.15) is 6.54 Å². The molecule has 0 aliphatic carbocycles. The minimum Gasteiger partial charge on any atom is -0.271 e. The summed E-state index contributed by atoms with van der Waals surface area (Å²) in [6.07, 6.45) is 1.50. The van der Waals surface area contributed by atoms with Crippen molar-refractivity contribution in [3.05, 3.63) is 51.3 Å². The van der Waals surface area contributed by atoms with Gasteiger partial charge in [-0.25, -0.2) is 5.43 Å². The highest BCUT2D eigenvalue weighted by atomic mass is 35.5. The predicted molar refractivity (Wildman–Crippen MR) is 83.9 cm³/mol. The number of rotatable bonds is 4. The van der Waals surface area contributed by atoms with E-state index in [0.717, 1.165) is 17.0 Å². The Hall–Kier alpha value is -1.85. The van der Waals surface area contributed by atoms with Crippen molar-refractivity contribution >= 4 is 35.3 Å². The molecule has 0 aliphatic rings. The molecule has 0 radical (unpaired) electrons. The van der Waals surface area contributed by atoms with Gasteiger partial charge in [-0.05, 0) is 37.6 Å². The third kappa shape index (κ3) is 4.31. The van der Waals surface area contributed by atoms with Gasteiger partial charge in [-0.15, -0.1) is 0 Å². The van der Waals surface area contributed by atoms with Gasteiger partial charge in [-0.3, -0.25) is 9.48 Å². The molecule has 0 aliphatic heterocycles. The van der Waals surface area contributed by atoms with E-state index in [1.54, 1.807) is 22.9 Å². The van der Waals surface area contributed by atoms with Crippen LogP contribution in [0.1, 0.15) is 17.0 Å². The molecular formula is C14H14Cl2N4O. The normalized spacial score (nSPS) is 11.0. The molecule has 0 saturated heterocycles. The number of amides is 1. The first-order valence-electron chi connectivity index (χ1n) is 6.23. The van der Waals surface area contributed by atoms with Crippen LogP contribution in [-0.2, 0) is 11.3 Å². The fourth-order valence-corrected chi connectivity index (χ4v) is 2.08. The molecule has 21 heavy (non-hydrogen) atoms. The van der Waals surface area contributed by atoms with Crippen LogP contribution in [-0.4, -0.2) is 21.9 Å². The average Bonchev–Trinajstić information content (AvgIpc) is 2.72. The smallest absolute Gasteiger partial charge is 0.261 e. The Balaban J connectivity index is 1.93. The van der Waals surface area contributed by atoms with Crippen LogP contribution < -0.4 is 5.43 Å². The molecule has 1 N–H and O–H groups in total. The Bertz CT molecular complexity index is 694. The molecule has 5 nitrogen and oxygen atoms in total. The molecule has 0 fully saturated rings. The summed E-state index contributed by atoms with van der Waals surface area (Å²) in [5.74, 6) is -0.252. The zero-order valence-corrected chi connectivity index (χ0v) is 13.1. The minimum atomic E-state index is -0.252. The summed E-state index contributed by atoms with van der Waals surface area (Å²) in [5.41, 5.74) is 4.99. The SMILES string of the molecule is Cc1cc(C)n(CC(=O)NN=Cc2ccc(Cl)c(Cl)c2)n1. The summed E-state index contributed by atoms with van der Waals surface area (Å²) in [6.45, 7) is 3.90. The number of halogens is 2. The van der Waals surface area contributed by atoms with E-state index in [2.05, 4.69) is 15.6 Å². The van der Waals surface area contributed by atoms with Gasteiger partial charge in [0.15, 0.2) is 0 Å². The van der Waals surface area contributed by atoms with E-state index in [-0.39, 0.29) is 12.5 Å². The van der Waals surface area contributed by atoms with Crippen molar-refractivity contribution in [2.24, 2.45) is 5.10 Å². The van der Waals surface area contributed by atoms with E-state index in [1.807, 2.05) is 19.9 Å². The molecular weight excluding hydrogens is 311 g/mol. The molecule has 7 heteroatoms. The van der Waals surface area contributed by atoms with Crippen LogP contribution in [0, 0.1) is 13.8 Å². The molecule has 1 aromatic carbocycles. The van der Waals surface area contributed by atoms with E-state index >= 15 is 0 Å². The predicted octanol–water partition coefficient (Wildman–Crippen LogP) is 2.96. The molecule has 2 rings (SSSR count). The Labute approximate surface area is 132 Å². The lowest BCUT2D eigenvalue weighted by molar-refractivity contribution is -0.121. The van der Waals surface area contributed by atoms with E-state index in [4.69, 9.17) is 23.2 Å². The third-order valence-corrected chi connectivity index (χ3v) is 3.48. The number of hydrogen-bond acceptors (Lipinski definition) is 3. The van der Waals surface area contributed by atoms with Gasteiger partial charge in [-0.2, -0.15) is 10.2 Å². The van der Waals surface area contributed by atoms with Gasteiger partial charge in [0.2, 0.25) is 0 Å². The zero-order chi connectivity index (χ0) is 15.4. The Morgan fingerprint density at radius 3 is 2.71 bits per heavy atom. The lowest BCUT2D eigenvalue weighted by Crippen LogP contribution is -2.24. The summed E-state index contributed by atoms with van der Waals surface area (Å²) in [6, 6.07) is 7.00. The maximum atomic E-state index is 11.8. The molecule has 0 saturated carbocycles. The van der Waals surface area contributed by atoms with Crippen LogP contribution in [0.4, 0.5) is 0 Å². The van der Waals surface area contributed by atoms with E-state index in [1.165, 1.54) is 6.21 Å². The van der Waals surface area contributed by atoms with Crippen LogP contribution in [0.5, 0.6) is 0 Å². The minimum absolute atomic E-state index is 0.123. The van der Waals surface area contributed by atoms with Crippen LogP contribution in [0.25, 0.3) is 0 Å². The number of aryl methyl sites for hydroxylation is 2. The summed E-state index contributed by atoms with van der Waals surface area (Å²) < 4.78 is 1.62. The van der Waals surface area contributed by atoms with Gasteiger partial charge in [0.05, 0.1) is 22.0 Å². The first-order valence-corrected chi connectivity index (χ1v) is 6.99. The van der Waals surface area contributed by atoms with E-state index in [0.29, 0.717) is 10.0 Å². The standard InChI is InChI=1S/C14H14Cl2N4O/c1-9-5-10(2)20(19-9)8-14(21)18-17-7-11-3-4-12(15)13(16)6-11/h3-7H,8H2,1-2H3,(H,18,21). The molecule has 0 unspecified atom stereocenters. The Morgan fingerprint density at radius 1 is 1.33 bits per heavy atom. The first-order chi connectivity index (χ1) is 9.95. The lowest BCUT2D eigenvalue weighted by Gasteiger charge is -2.02. The second-order valence-corrected chi connectivity index (χ2v) is 5.37. The monoisotopic (exact) mass is 324 g/mol. The first kappa shape index (κ1) is 15.5. The number of nitrogens with one attached hydrogen (secondary N) is 1. The highest BCUT2D eigenvalue weighted by Gasteiger charge is 2.05. The third-order valence-electron chi connectivity index (χ3n) is 2.74. The van der Waals surface area contributed by atoms with Crippen LogP contribution >= 0.6 is 23.2 Å². The number of carbonyl (C=O) groups excluding carboxylic acids is 1. The molecule has 0 spiro atoms. The highest BCUT2D eigenvalue weighted by molar-refractivity contribution is 6.42. The average molecular weight is 325 g/mol. The number of carbonyl (C=O) groups is 1.